The Morgan fingerprint density at radius 1 is 1.47 bits per heavy atom. The van der Waals surface area contributed by atoms with E-state index in [0.717, 1.165) is 31.0 Å². The average molecular weight is 233 g/mol. The van der Waals surface area contributed by atoms with Gasteiger partial charge in [0.15, 0.2) is 0 Å². The third-order valence-corrected chi connectivity index (χ3v) is 2.78. The molecule has 1 atom stereocenters. The molecule has 1 unspecified atom stereocenters. The summed E-state index contributed by atoms with van der Waals surface area (Å²) in [6.07, 6.45) is 3.82. The Morgan fingerprint density at radius 2 is 2.35 bits per heavy atom. The lowest BCUT2D eigenvalue weighted by molar-refractivity contribution is 0.211. The van der Waals surface area contributed by atoms with E-state index in [2.05, 4.69) is 19.1 Å². The van der Waals surface area contributed by atoms with Crippen LogP contribution in [-0.2, 0) is 4.74 Å². The van der Waals surface area contributed by atoms with Gasteiger partial charge in [-0.2, -0.15) is 0 Å². The van der Waals surface area contributed by atoms with E-state index >= 15 is 0 Å². The second-order valence-electron chi connectivity index (χ2n) is 4.30. The molecule has 0 saturated carbocycles. The largest absolute Gasteiger partial charge is 0.496 e. The number of nitrogens with two attached hydrogens (primary N) is 1. The van der Waals surface area contributed by atoms with E-state index in [-0.39, 0.29) is 6.04 Å². The highest BCUT2D eigenvalue weighted by Crippen LogP contribution is 2.16. The monoisotopic (exact) mass is 233 g/mol. The third-order valence-electron chi connectivity index (χ3n) is 2.78. The van der Waals surface area contributed by atoms with Gasteiger partial charge in [-0.05, 0) is 30.7 Å². The summed E-state index contributed by atoms with van der Waals surface area (Å²) >= 11 is 0. The molecule has 0 fully saturated rings. The van der Waals surface area contributed by atoms with E-state index in [1.54, 1.807) is 0 Å². The van der Waals surface area contributed by atoms with Gasteiger partial charge in [-0.3, -0.25) is 0 Å². The maximum atomic E-state index is 6.00. The smallest absolute Gasteiger partial charge is 0.119 e. The lowest BCUT2D eigenvalue weighted by Crippen LogP contribution is -2.25. The molecule has 0 spiro atoms. The van der Waals surface area contributed by atoms with Crippen molar-refractivity contribution in [2.24, 2.45) is 5.73 Å². The van der Waals surface area contributed by atoms with Crippen molar-refractivity contribution >= 4 is 0 Å². The summed E-state index contributed by atoms with van der Waals surface area (Å²) in [5, 5.41) is 0. The summed E-state index contributed by atoms with van der Waals surface area (Å²) in [5.74, 6) is 1.82. The second-order valence-corrected chi connectivity index (χ2v) is 4.30. The maximum absolute atomic E-state index is 6.00. The van der Waals surface area contributed by atoms with Gasteiger partial charge in [-0.1, -0.05) is 12.1 Å². The molecule has 1 aromatic rings. The topological polar surface area (TPSA) is 44.5 Å². The normalized spacial score (nSPS) is 16.2. The van der Waals surface area contributed by atoms with Crippen LogP contribution in [0.15, 0.2) is 36.1 Å². The lowest BCUT2D eigenvalue weighted by Gasteiger charge is -2.13. The number of rotatable bonds is 5. The molecule has 0 bridgehead atoms. The van der Waals surface area contributed by atoms with Crippen LogP contribution >= 0.6 is 0 Å². The van der Waals surface area contributed by atoms with Gasteiger partial charge in [0.25, 0.3) is 0 Å². The van der Waals surface area contributed by atoms with E-state index < -0.39 is 0 Å². The third kappa shape index (κ3) is 3.49. The highest BCUT2D eigenvalue weighted by molar-refractivity contribution is 5.27. The summed E-state index contributed by atoms with van der Waals surface area (Å²) < 4.78 is 11.1. The molecular weight excluding hydrogens is 214 g/mol. The second kappa shape index (κ2) is 5.73. The molecule has 1 aromatic carbocycles. The highest BCUT2D eigenvalue weighted by Gasteiger charge is 2.14. The minimum absolute atomic E-state index is 0.0395. The van der Waals surface area contributed by atoms with Gasteiger partial charge >= 0.3 is 0 Å². The molecule has 1 heterocycles. The van der Waals surface area contributed by atoms with E-state index in [1.807, 2.05) is 18.2 Å². The van der Waals surface area contributed by atoms with Gasteiger partial charge in [0, 0.05) is 12.8 Å². The molecule has 3 nitrogen and oxygen atoms in total. The van der Waals surface area contributed by atoms with Crippen molar-refractivity contribution in [3.05, 3.63) is 41.7 Å². The number of hydrogen-bond acceptors (Lipinski definition) is 3. The molecule has 0 aromatic heterocycles. The number of aryl methyl sites for hydroxylation is 1. The molecule has 2 rings (SSSR count). The average Bonchev–Trinajstić information content (AvgIpc) is 2.82. The van der Waals surface area contributed by atoms with E-state index in [4.69, 9.17) is 15.2 Å². The van der Waals surface area contributed by atoms with Crippen LogP contribution in [0.3, 0.4) is 0 Å². The Hall–Kier alpha value is -1.48. The van der Waals surface area contributed by atoms with Crippen molar-refractivity contribution in [3.63, 3.8) is 0 Å². The van der Waals surface area contributed by atoms with Crippen LogP contribution in [0.1, 0.15) is 18.4 Å². The van der Waals surface area contributed by atoms with Gasteiger partial charge in [0.05, 0.1) is 19.3 Å². The first kappa shape index (κ1) is 12.0. The fourth-order valence-corrected chi connectivity index (χ4v) is 1.85. The molecule has 0 aliphatic carbocycles. The minimum atomic E-state index is -0.0395. The van der Waals surface area contributed by atoms with Crippen molar-refractivity contribution < 1.29 is 9.47 Å². The van der Waals surface area contributed by atoms with Crippen molar-refractivity contribution in [1.82, 2.24) is 0 Å². The van der Waals surface area contributed by atoms with Crippen molar-refractivity contribution in [2.45, 2.75) is 25.8 Å². The molecular formula is C14H19NO2. The zero-order chi connectivity index (χ0) is 12.1. The van der Waals surface area contributed by atoms with Gasteiger partial charge in [-0.15, -0.1) is 0 Å². The van der Waals surface area contributed by atoms with Gasteiger partial charge in [-0.25, -0.2) is 0 Å². The molecule has 0 radical (unpaired) electrons. The number of ether oxygens (including phenoxy) is 2. The van der Waals surface area contributed by atoms with Crippen LogP contribution in [0, 0.1) is 6.92 Å². The molecule has 1 aliphatic rings. The molecule has 17 heavy (non-hydrogen) atoms. The van der Waals surface area contributed by atoms with Crippen LogP contribution in [0.2, 0.25) is 0 Å². The maximum Gasteiger partial charge on any atom is 0.119 e. The Morgan fingerprint density at radius 3 is 3.06 bits per heavy atom. The van der Waals surface area contributed by atoms with Crippen molar-refractivity contribution in [1.29, 1.82) is 0 Å². The van der Waals surface area contributed by atoms with Crippen LogP contribution in [-0.4, -0.2) is 19.3 Å². The van der Waals surface area contributed by atoms with Crippen LogP contribution in [0.25, 0.3) is 0 Å². The quantitative estimate of drug-likeness (QED) is 0.849. The van der Waals surface area contributed by atoms with Gasteiger partial charge in [0.1, 0.15) is 11.5 Å². The molecule has 2 N–H and O–H groups in total. The first-order valence-corrected chi connectivity index (χ1v) is 6.03. The van der Waals surface area contributed by atoms with Gasteiger partial charge < -0.3 is 15.2 Å². The zero-order valence-corrected chi connectivity index (χ0v) is 10.2. The Kier molecular flexibility index (Phi) is 4.04. The predicted octanol–water partition coefficient (Wildman–Crippen LogP) is 2.40. The van der Waals surface area contributed by atoms with Crippen molar-refractivity contribution in [2.75, 3.05) is 13.2 Å². The molecule has 0 saturated heterocycles. The molecule has 3 heteroatoms. The first-order valence-electron chi connectivity index (χ1n) is 6.03. The zero-order valence-electron chi connectivity index (χ0n) is 10.2. The molecule has 0 amide bonds. The van der Waals surface area contributed by atoms with Crippen LogP contribution in [0.5, 0.6) is 5.75 Å². The summed E-state index contributed by atoms with van der Waals surface area (Å²) in [6, 6.07) is 7.99. The summed E-state index contributed by atoms with van der Waals surface area (Å²) in [5.41, 5.74) is 7.20. The molecule has 92 valence electrons. The highest BCUT2D eigenvalue weighted by atomic mass is 16.5. The summed E-state index contributed by atoms with van der Waals surface area (Å²) in [7, 11) is 0. The van der Waals surface area contributed by atoms with Crippen molar-refractivity contribution in [3.8, 4) is 5.75 Å². The Balaban J connectivity index is 1.75. The van der Waals surface area contributed by atoms with Gasteiger partial charge in [0.2, 0.25) is 0 Å². The van der Waals surface area contributed by atoms with E-state index in [1.165, 1.54) is 5.56 Å². The predicted molar refractivity (Wildman–Crippen MR) is 67.9 cm³/mol. The first-order chi connectivity index (χ1) is 8.25. The summed E-state index contributed by atoms with van der Waals surface area (Å²) in [6.45, 7) is 3.43. The minimum Gasteiger partial charge on any atom is -0.496 e. The Labute approximate surface area is 102 Å². The fourth-order valence-electron chi connectivity index (χ4n) is 1.85. The Bertz CT molecular complexity index is 401. The standard InChI is InChI=1S/C14H19NO2/c1-11-4-2-5-12(10-11)16-9-7-13(15)14-6-3-8-17-14/h2,4-6,10,13H,3,7-9,15H2,1H3. The SMILES string of the molecule is Cc1cccc(OCCC(N)C2=CCCO2)c1. The number of benzene rings is 1. The van der Waals surface area contributed by atoms with Crippen LogP contribution < -0.4 is 10.5 Å². The van der Waals surface area contributed by atoms with Crippen LogP contribution in [0.4, 0.5) is 0 Å². The van der Waals surface area contributed by atoms with E-state index in [9.17, 15) is 0 Å². The molecule has 1 aliphatic heterocycles. The van der Waals surface area contributed by atoms with E-state index in [0.29, 0.717) is 6.61 Å². The number of hydrogen-bond donors (Lipinski definition) is 1. The summed E-state index contributed by atoms with van der Waals surface area (Å²) in [4.78, 5) is 0. The lowest BCUT2D eigenvalue weighted by atomic mass is 10.2. The fraction of sp³-hybridized carbons (Fsp3) is 0.429.